The first-order valence-corrected chi connectivity index (χ1v) is 6.83. The van der Waals surface area contributed by atoms with Gasteiger partial charge in [0.25, 0.3) is 0 Å². The fraction of sp³-hybridized carbons (Fsp3) is 0.929. The minimum absolute atomic E-state index is 0.124. The van der Waals surface area contributed by atoms with Gasteiger partial charge in [-0.1, -0.05) is 20.8 Å². The third-order valence-electron chi connectivity index (χ3n) is 4.51. The first-order valence-electron chi connectivity index (χ1n) is 6.83. The van der Waals surface area contributed by atoms with E-state index < -0.39 is 0 Å². The Hall–Kier alpha value is -0.410. The molecule has 2 unspecified atom stereocenters. The van der Waals surface area contributed by atoms with Crippen molar-refractivity contribution in [3.05, 3.63) is 0 Å². The van der Waals surface area contributed by atoms with E-state index in [0.717, 1.165) is 32.5 Å². The zero-order valence-corrected chi connectivity index (χ0v) is 12.1. The second-order valence-corrected chi connectivity index (χ2v) is 5.89. The summed E-state index contributed by atoms with van der Waals surface area (Å²) in [5, 5.41) is 0. The number of rotatable bonds is 6. The van der Waals surface area contributed by atoms with Crippen molar-refractivity contribution in [3.63, 3.8) is 0 Å². The maximum absolute atomic E-state index is 11.3. The number of likely N-dealkylation sites (tertiary alicyclic amines) is 1. The van der Waals surface area contributed by atoms with Crippen LogP contribution < -0.4 is 0 Å². The standard InChI is InChI=1S/C14H28N2O/c1-6-14(7-2,11-17)10-16-8-12(3)13(9-16)15(4)5/h11-13H,6-10H2,1-5H3. The summed E-state index contributed by atoms with van der Waals surface area (Å²) >= 11 is 0. The van der Waals surface area contributed by atoms with E-state index in [1.54, 1.807) is 0 Å². The average Bonchev–Trinajstić information content (AvgIpc) is 2.67. The van der Waals surface area contributed by atoms with E-state index in [-0.39, 0.29) is 5.41 Å². The number of likely N-dealkylation sites (N-methyl/N-ethyl adjacent to an activating group) is 1. The van der Waals surface area contributed by atoms with Gasteiger partial charge in [0.05, 0.1) is 0 Å². The Morgan fingerprint density at radius 3 is 2.24 bits per heavy atom. The number of carbonyl (C=O) groups excluding carboxylic acids is 1. The fourth-order valence-electron chi connectivity index (χ4n) is 2.97. The number of aldehydes is 1. The van der Waals surface area contributed by atoms with Gasteiger partial charge in [-0.3, -0.25) is 0 Å². The molecule has 1 heterocycles. The molecular formula is C14H28N2O. The highest BCUT2D eigenvalue weighted by atomic mass is 16.1. The first kappa shape index (κ1) is 14.7. The maximum atomic E-state index is 11.3. The molecule has 0 aliphatic carbocycles. The van der Waals surface area contributed by atoms with Crippen molar-refractivity contribution < 1.29 is 4.79 Å². The van der Waals surface area contributed by atoms with Crippen molar-refractivity contribution in [3.8, 4) is 0 Å². The average molecular weight is 240 g/mol. The molecule has 0 aromatic carbocycles. The molecule has 1 fully saturated rings. The summed E-state index contributed by atoms with van der Waals surface area (Å²) in [6.07, 6.45) is 3.08. The van der Waals surface area contributed by atoms with Gasteiger partial charge in [-0.15, -0.1) is 0 Å². The Morgan fingerprint density at radius 2 is 1.88 bits per heavy atom. The minimum Gasteiger partial charge on any atom is -0.305 e. The third kappa shape index (κ3) is 3.29. The van der Waals surface area contributed by atoms with Crippen molar-refractivity contribution in [1.29, 1.82) is 0 Å². The van der Waals surface area contributed by atoms with Gasteiger partial charge in [-0.2, -0.15) is 0 Å². The van der Waals surface area contributed by atoms with Crippen molar-refractivity contribution in [2.75, 3.05) is 33.7 Å². The van der Waals surface area contributed by atoms with Gasteiger partial charge < -0.3 is 14.6 Å². The van der Waals surface area contributed by atoms with Crippen LogP contribution in [0.1, 0.15) is 33.6 Å². The number of carbonyl (C=O) groups is 1. The van der Waals surface area contributed by atoms with E-state index in [0.29, 0.717) is 12.0 Å². The summed E-state index contributed by atoms with van der Waals surface area (Å²) in [5.41, 5.74) is -0.124. The summed E-state index contributed by atoms with van der Waals surface area (Å²) in [5.74, 6) is 0.697. The number of hydrogen-bond donors (Lipinski definition) is 0. The van der Waals surface area contributed by atoms with Crippen LogP contribution in [-0.2, 0) is 4.79 Å². The van der Waals surface area contributed by atoms with Crippen molar-refractivity contribution in [2.24, 2.45) is 11.3 Å². The Morgan fingerprint density at radius 1 is 1.29 bits per heavy atom. The summed E-state index contributed by atoms with van der Waals surface area (Å²) < 4.78 is 0. The Bertz CT molecular complexity index is 249. The number of nitrogens with zero attached hydrogens (tertiary/aromatic N) is 2. The van der Waals surface area contributed by atoms with E-state index in [1.807, 2.05) is 0 Å². The molecule has 17 heavy (non-hydrogen) atoms. The largest absolute Gasteiger partial charge is 0.305 e. The smallest absolute Gasteiger partial charge is 0.127 e. The van der Waals surface area contributed by atoms with Crippen LogP contribution in [0.5, 0.6) is 0 Å². The van der Waals surface area contributed by atoms with E-state index in [4.69, 9.17) is 0 Å². The highest BCUT2D eigenvalue weighted by Gasteiger charge is 2.35. The van der Waals surface area contributed by atoms with Gasteiger partial charge in [0.1, 0.15) is 6.29 Å². The highest BCUT2D eigenvalue weighted by Crippen LogP contribution is 2.29. The molecule has 0 saturated carbocycles. The topological polar surface area (TPSA) is 23.6 Å². The van der Waals surface area contributed by atoms with E-state index in [2.05, 4.69) is 44.7 Å². The lowest BCUT2D eigenvalue weighted by Crippen LogP contribution is -2.39. The normalized spacial score (nSPS) is 26.7. The van der Waals surface area contributed by atoms with Crippen molar-refractivity contribution >= 4 is 6.29 Å². The molecule has 2 atom stereocenters. The second kappa shape index (κ2) is 5.96. The molecule has 0 spiro atoms. The quantitative estimate of drug-likeness (QED) is 0.662. The molecule has 0 aromatic heterocycles. The van der Waals surface area contributed by atoms with Crippen LogP contribution >= 0.6 is 0 Å². The van der Waals surface area contributed by atoms with Crippen molar-refractivity contribution in [2.45, 2.75) is 39.7 Å². The molecule has 1 aliphatic heterocycles. The number of hydrogen-bond acceptors (Lipinski definition) is 3. The third-order valence-corrected chi connectivity index (χ3v) is 4.51. The SMILES string of the molecule is CCC(C=O)(CC)CN1CC(C)C(N(C)C)C1. The van der Waals surface area contributed by atoms with Gasteiger partial charge in [-0.25, -0.2) is 0 Å². The predicted molar refractivity (Wildman–Crippen MR) is 72.2 cm³/mol. The molecule has 1 aliphatic rings. The monoisotopic (exact) mass is 240 g/mol. The van der Waals surface area contributed by atoms with E-state index in [1.165, 1.54) is 6.29 Å². The molecule has 1 saturated heterocycles. The first-order chi connectivity index (χ1) is 7.98. The maximum Gasteiger partial charge on any atom is 0.127 e. The molecule has 3 nitrogen and oxygen atoms in total. The molecule has 0 N–H and O–H groups in total. The molecule has 100 valence electrons. The highest BCUT2D eigenvalue weighted by molar-refractivity contribution is 5.59. The Kier molecular flexibility index (Phi) is 5.14. The fourth-order valence-corrected chi connectivity index (χ4v) is 2.97. The predicted octanol–water partition coefficient (Wildman–Crippen LogP) is 1.87. The van der Waals surface area contributed by atoms with Crippen LogP contribution in [0.4, 0.5) is 0 Å². The van der Waals surface area contributed by atoms with Crippen LogP contribution in [0.15, 0.2) is 0 Å². The van der Waals surface area contributed by atoms with Gasteiger partial charge in [0, 0.05) is 31.1 Å². The van der Waals surface area contributed by atoms with Gasteiger partial charge in [-0.05, 0) is 32.9 Å². The van der Waals surface area contributed by atoms with E-state index >= 15 is 0 Å². The van der Waals surface area contributed by atoms with Crippen LogP contribution in [0, 0.1) is 11.3 Å². The second-order valence-electron chi connectivity index (χ2n) is 5.89. The van der Waals surface area contributed by atoms with E-state index in [9.17, 15) is 4.79 Å². The Balaban J connectivity index is 2.62. The summed E-state index contributed by atoms with van der Waals surface area (Å²) in [6, 6.07) is 0.632. The van der Waals surface area contributed by atoms with Gasteiger partial charge in [0.15, 0.2) is 0 Å². The lowest BCUT2D eigenvalue weighted by molar-refractivity contribution is -0.117. The van der Waals surface area contributed by atoms with Gasteiger partial charge in [0.2, 0.25) is 0 Å². The molecule has 1 rings (SSSR count). The lowest BCUT2D eigenvalue weighted by atomic mass is 9.83. The van der Waals surface area contributed by atoms with Crippen molar-refractivity contribution in [1.82, 2.24) is 9.80 Å². The van der Waals surface area contributed by atoms with Crippen LogP contribution in [-0.4, -0.2) is 55.9 Å². The summed E-state index contributed by atoms with van der Waals surface area (Å²) in [4.78, 5) is 16.1. The molecule has 0 amide bonds. The summed E-state index contributed by atoms with van der Waals surface area (Å²) in [7, 11) is 4.30. The van der Waals surface area contributed by atoms with Gasteiger partial charge >= 0.3 is 0 Å². The molecular weight excluding hydrogens is 212 g/mol. The van der Waals surface area contributed by atoms with Crippen LogP contribution in [0.2, 0.25) is 0 Å². The molecule has 0 radical (unpaired) electrons. The molecule has 3 heteroatoms. The molecule has 0 bridgehead atoms. The zero-order valence-electron chi connectivity index (χ0n) is 12.1. The van der Waals surface area contributed by atoms with Crippen LogP contribution in [0.25, 0.3) is 0 Å². The lowest BCUT2D eigenvalue weighted by Gasteiger charge is -2.30. The molecule has 0 aromatic rings. The Labute approximate surface area is 106 Å². The van der Waals surface area contributed by atoms with Crippen LogP contribution in [0.3, 0.4) is 0 Å². The zero-order chi connectivity index (χ0) is 13.1. The minimum atomic E-state index is -0.124. The summed E-state index contributed by atoms with van der Waals surface area (Å²) in [6.45, 7) is 9.72.